The van der Waals surface area contributed by atoms with Crippen molar-refractivity contribution in [3.8, 4) is 0 Å². The number of hydrazone groups is 1. The fourth-order valence-electron chi connectivity index (χ4n) is 2.74. The maximum atomic E-state index is 12.5. The van der Waals surface area contributed by atoms with Gasteiger partial charge in [0.2, 0.25) is 5.78 Å². The number of primary amides is 1. The third-order valence-electron chi connectivity index (χ3n) is 3.85. The highest BCUT2D eigenvalue weighted by Gasteiger charge is 2.25. The number of ketones is 1. The summed E-state index contributed by atoms with van der Waals surface area (Å²) in [5.74, 6) is -0.222. The van der Waals surface area contributed by atoms with Gasteiger partial charge in [0.05, 0.1) is 13.2 Å². The van der Waals surface area contributed by atoms with E-state index >= 15 is 0 Å². The summed E-state index contributed by atoms with van der Waals surface area (Å²) < 4.78 is 5.36. The van der Waals surface area contributed by atoms with Gasteiger partial charge in [0, 0.05) is 25.2 Å². The first-order valence-corrected chi connectivity index (χ1v) is 7.43. The van der Waals surface area contributed by atoms with Crippen LogP contribution in [0.3, 0.4) is 0 Å². The molecule has 1 aromatic rings. The minimum absolute atomic E-state index is 0.186. The normalized spacial score (nSPS) is 20.1. The molecule has 1 aliphatic carbocycles. The highest BCUT2D eigenvalue weighted by Crippen LogP contribution is 2.26. The molecule has 1 heterocycles. The Kier molecular flexibility index (Phi) is 4.50. The number of nitrogens with one attached hydrogen (secondary N) is 1. The lowest BCUT2D eigenvalue weighted by Gasteiger charge is -2.29. The number of carbonyl (C=O) groups excluding carboxylic acids is 2. The number of carbonyl (C=O) groups is 2. The lowest BCUT2D eigenvalue weighted by molar-refractivity contribution is 0.0444. The predicted molar refractivity (Wildman–Crippen MR) is 86.2 cm³/mol. The molecule has 0 bridgehead atoms. The zero-order chi connectivity index (χ0) is 16.2. The van der Waals surface area contributed by atoms with E-state index in [-0.39, 0.29) is 11.5 Å². The van der Waals surface area contributed by atoms with Gasteiger partial charge in [-0.05, 0) is 17.2 Å². The minimum Gasteiger partial charge on any atom is -0.379 e. The van der Waals surface area contributed by atoms with Gasteiger partial charge in [-0.15, -0.1) is 0 Å². The molecular weight excluding hydrogens is 296 g/mol. The van der Waals surface area contributed by atoms with Crippen LogP contribution in [-0.2, 0) is 4.74 Å². The van der Waals surface area contributed by atoms with E-state index in [1.54, 1.807) is 12.1 Å². The van der Waals surface area contributed by atoms with Gasteiger partial charge in [0.25, 0.3) is 0 Å². The Labute approximate surface area is 133 Å². The Balaban J connectivity index is 1.92. The molecule has 0 atom stereocenters. The number of nitrogens with zero attached hydrogens (tertiary/aromatic N) is 2. The Morgan fingerprint density at radius 1 is 1.26 bits per heavy atom. The lowest BCUT2D eigenvalue weighted by Crippen LogP contribution is -2.38. The molecule has 1 aromatic carbocycles. The average Bonchev–Trinajstić information content (AvgIpc) is 2.57. The van der Waals surface area contributed by atoms with E-state index < -0.39 is 6.03 Å². The third kappa shape index (κ3) is 3.46. The van der Waals surface area contributed by atoms with E-state index in [2.05, 4.69) is 15.4 Å². The van der Waals surface area contributed by atoms with E-state index in [0.29, 0.717) is 25.3 Å². The number of fused-ring (bicyclic) bond motifs is 1. The maximum absolute atomic E-state index is 12.5. The number of rotatable bonds is 3. The first-order valence-electron chi connectivity index (χ1n) is 7.43. The molecule has 1 aliphatic heterocycles. The molecule has 0 spiro atoms. The van der Waals surface area contributed by atoms with Crippen LogP contribution in [0.2, 0.25) is 0 Å². The second-order valence-corrected chi connectivity index (χ2v) is 5.41. The van der Waals surface area contributed by atoms with Crippen molar-refractivity contribution < 1.29 is 14.3 Å². The number of urea groups is 1. The van der Waals surface area contributed by atoms with Crippen LogP contribution in [0.5, 0.6) is 0 Å². The quantitative estimate of drug-likeness (QED) is 0.799. The lowest BCUT2D eigenvalue weighted by atomic mass is 9.88. The molecule has 1 saturated heterocycles. The van der Waals surface area contributed by atoms with E-state index in [9.17, 15) is 9.59 Å². The van der Waals surface area contributed by atoms with Crippen molar-refractivity contribution >= 4 is 23.1 Å². The summed E-state index contributed by atoms with van der Waals surface area (Å²) in [5.41, 5.74) is 9.82. The van der Waals surface area contributed by atoms with Gasteiger partial charge in [0.1, 0.15) is 5.71 Å². The largest absolute Gasteiger partial charge is 0.379 e. The van der Waals surface area contributed by atoms with E-state index in [0.717, 1.165) is 24.2 Å². The summed E-state index contributed by atoms with van der Waals surface area (Å²) in [5, 5.41) is 3.83. The van der Waals surface area contributed by atoms with Crippen LogP contribution in [0.15, 0.2) is 35.4 Å². The first-order chi connectivity index (χ1) is 11.1. The van der Waals surface area contributed by atoms with Crippen molar-refractivity contribution in [3.05, 3.63) is 41.5 Å². The standard InChI is InChI=1S/C16H18N4O3/c17-16(22)19-18-14-9-11(10-20-5-7-23-8-6-20)12-3-1-2-4-13(12)15(14)21/h1-4,9H,5-8,10H2,(H3,17,19,22). The van der Waals surface area contributed by atoms with Gasteiger partial charge in [-0.1, -0.05) is 24.3 Å². The predicted octanol–water partition coefficient (Wildman–Crippen LogP) is 0.623. The summed E-state index contributed by atoms with van der Waals surface area (Å²) in [6.45, 7) is 3.80. The molecule has 7 heteroatoms. The zero-order valence-corrected chi connectivity index (χ0v) is 12.6. The van der Waals surface area contributed by atoms with Crippen LogP contribution in [0.25, 0.3) is 5.57 Å². The fourth-order valence-corrected chi connectivity index (χ4v) is 2.74. The van der Waals surface area contributed by atoms with Gasteiger partial charge in [0.15, 0.2) is 0 Å². The SMILES string of the molecule is NC(=O)NN=C1C=C(CN2CCOCC2)c2ccccc2C1=O. The Morgan fingerprint density at radius 3 is 2.65 bits per heavy atom. The molecule has 0 saturated carbocycles. The molecule has 23 heavy (non-hydrogen) atoms. The number of hydrogen-bond acceptors (Lipinski definition) is 5. The smallest absolute Gasteiger partial charge is 0.332 e. The number of amides is 2. The molecule has 1 fully saturated rings. The maximum Gasteiger partial charge on any atom is 0.332 e. The molecule has 2 aliphatic rings. The van der Waals surface area contributed by atoms with Crippen LogP contribution in [0, 0.1) is 0 Å². The average molecular weight is 314 g/mol. The first kappa shape index (κ1) is 15.4. The fraction of sp³-hybridized carbons (Fsp3) is 0.312. The second-order valence-electron chi connectivity index (χ2n) is 5.41. The highest BCUT2D eigenvalue weighted by atomic mass is 16.5. The number of benzene rings is 1. The minimum atomic E-state index is -0.799. The van der Waals surface area contributed by atoms with Gasteiger partial charge in [-0.3, -0.25) is 9.69 Å². The summed E-state index contributed by atoms with van der Waals surface area (Å²) in [6, 6.07) is 6.62. The van der Waals surface area contributed by atoms with Crippen LogP contribution >= 0.6 is 0 Å². The Hall–Kier alpha value is -2.51. The Morgan fingerprint density at radius 2 is 1.96 bits per heavy atom. The number of hydrogen-bond donors (Lipinski definition) is 2. The number of ether oxygens (including phenoxy) is 1. The Bertz CT molecular complexity index is 690. The van der Waals surface area contributed by atoms with E-state index in [4.69, 9.17) is 10.5 Å². The summed E-state index contributed by atoms with van der Waals surface area (Å²) in [4.78, 5) is 25.6. The topological polar surface area (TPSA) is 97.0 Å². The van der Waals surface area contributed by atoms with Gasteiger partial charge in [-0.2, -0.15) is 5.10 Å². The van der Waals surface area contributed by atoms with Gasteiger partial charge >= 0.3 is 6.03 Å². The monoisotopic (exact) mass is 314 g/mol. The van der Waals surface area contributed by atoms with Crippen LogP contribution in [0.1, 0.15) is 15.9 Å². The molecule has 0 aromatic heterocycles. The van der Waals surface area contributed by atoms with E-state index in [1.165, 1.54) is 0 Å². The molecule has 120 valence electrons. The molecular formula is C16H18N4O3. The number of nitrogens with two attached hydrogens (primary N) is 1. The van der Waals surface area contributed by atoms with Crippen molar-refractivity contribution in [2.75, 3.05) is 32.8 Å². The van der Waals surface area contributed by atoms with Gasteiger partial charge < -0.3 is 10.5 Å². The van der Waals surface area contributed by atoms with Crippen molar-refractivity contribution in [2.24, 2.45) is 10.8 Å². The van der Waals surface area contributed by atoms with Crippen LogP contribution in [-0.4, -0.2) is 55.3 Å². The van der Waals surface area contributed by atoms with Crippen molar-refractivity contribution in [2.45, 2.75) is 0 Å². The third-order valence-corrected chi connectivity index (χ3v) is 3.85. The molecule has 0 unspecified atom stereocenters. The molecule has 2 amide bonds. The van der Waals surface area contributed by atoms with Crippen molar-refractivity contribution in [3.63, 3.8) is 0 Å². The molecule has 7 nitrogen and oxygen atoms in total. The van der Waals surface area contributed by atoms with Crippen molar-refractivity contribution in [1.82, 2.24) is 10.3 Å². The summed E-state index contributed by atoms with van der Waals surface area (Å²) >= 11 is 0. The van der Waals surface area contributed by atoms with Crippen LogP contribution < -0.4 is 11.2 Å². The molecule has 0 radical (unpaired) electrons. The van der Waals surface area contributed by atoms with E-state index in [1.807, 2.05) is 18.2 Å². The van der Waals surface area contributed by atoms with Crippen molar-refractivity contribution in [1.29, 1.82) is 0 Å². The highest BCUT2D eigenvalue weighted by molar-refractivity contribution is 6.52. The molecule has 3 rings (SSSR count). The zero-order valence-electron chi connectivity index (χ0n) is 12.6. The summed E-state index contributed by atoms with van der Waals surface area (Å²) in [6.07, 6.45) is 1.72. The number of morpholine rings is 1. The van der Waals surface area contributed by atoms with Crippen LogP contribution in [0.4, 0.5) is 4.79 Å². The molecule has 3 N–H and O–H groups in total. The second kappa shape index (κ2) is 6.72. The van der Waals surface area contributed by atoms with Gasteiger partial charge in [-0.25, -0.2) is 10.2 Å². The summed E-state index contributed by atoms with van der Waals surface area (Å²) in [7, 11) is 0. The number of Topliss-reactive ketones (excluding diaryl/α,β-unsaturated/α-hetero) is 1. The number of allylic oxidation sites excluding steroid dienone is 1.